The van der Waals surface area contributed by atoms with E-state index in [4.69, 9.17) is 18.0 Å². The van der Waals surface area contributed by atoms with Gasteiger partial charge in [-0.25, -0.2) is 4.39 Å². The van der Waals surface area contributed by atoms with Crippen LogP contribution in [0.2, 0.25) is 0 Å². The molecule has 2 rings (SSSR count). The van der Waals surface area contributed by atoms with Crippen LogP contribution in [-0.4, -0.2) is 23.0 Å². The Morgan fingerprint density at radius 1 is 1.43 bits per heavy atom. The highest BCUT2D eigenvalue weighted by atomic mass is 32.1. The smallest absolute Gasteiger partial charge is 0.123 e. The molecular weight excluding hydrogens is 303 g/mol. The van der Waals surface area contributed by atoms with Crippen molar-refractivity contribution in [3.05, 3.63) is 57.5 Å². The van der Waals surface area contributed by atoms with Gasteiger partial charge < -0.3 is 5.73 Å². The molecule has 0 spiro atoms. The topological polar surface area (TPSA) is 29.3 Å². The van der Waals surface area contributed by atoms with E-state index in [0.29, 0.717) is 18.2 Å². The van der Waals surface area contributed by atoms with Gasteiger partial charge in [0.2, 0.25) is 0 Å². The summed E-state index contributed by atoms with van der Waals surface area (Å²) in [5, 5.41) is 2.09. The monoisotopic (exact) mass is 322 g/mol. The van der Waals surface area contributed by atoms with Crippen molar-refractivity contribution in [3.63, 3.8) is 0 Å². The lowest BCUT2D eigenvalue weighted by molar-refractivity contribution is 0.249. The fraction of sp³-hybridized carbons (Fsp3) is 0.312. The molecule has 112 valence electrons. The van der Waals surface area contributed by atoms with E-state index in [1.165, 1.54) is 17.0 Å². The number of halogens is 1. The Morgan fingerprint density at radius 2 is 2.19 bits per heavy atom. The van der Waals surface area contributed by atoms with Crippen molar-refractivity contribution in [2.45, 2.75) is 25.9 Å². The second kappa shape index (κ2) is 7.11. The minimum atomic E-state index is -0.309. The summed E-state index contributed by atoms with van der Waals surface area (Å²) in [5.41, 5.74) is 7.28. The quantitative estimate of drug-likeness (QED) is 0.824. The molecule has 21 heavy (non-hydrogen) atoms. The molecular formula is C16H19FN2S2. The molecule has 1 aromatic carbocycles. The predicted molar refractivity (Wildman–Crippen MR) is 91.2 cm³/mol. The highest BCUT2D eigenvalue weighted by Crippen LogP contribution is 2.18. The van der Waals surface area contributed by atoms with Gasteiger partial charge in [-0.3, -0.25) is 4.90 Å². The Morgan fingerprint density at radius 3 is 2.81 bits per heavy atom. The molecule has 0 radical (unpaired) electrons. The van der Waals surface area contributed by atoms with Gasteiger partial charge in [0, 0.05) is 23.0 Å². The third kappa shape index (κ3) is 4.33. The highest BCUT2D eigenvalue weighted by molar-refractivity contribution is 7.80. The minimum Gasteiger partial charge on any atom is -0.389 e. The molecule has 2 N–H and O–H groups in total. The standard InChI is InChI=1S/C16H19FN2S2/c1-11(8-14-4-3-7-21-14)19(2)10-12-5-6-13(17)9-15(12)16(18)20/h3-7,9,11H,8,10H2,1-2H3,(H2,18,20). The number of nitrogens with two attached hydrogens (primary N) is 1. The Balaban J connectivity index is 2.08. The Labute approximate surface area is 134 Å². The van der Waals surface area contributed by atoms with Gasteiger partial charge in [0.1, 0.15) is 10.8 Å². The van der Waals surface area contributed by atoms with Crippen LogP contribution < -0.4 is 5.73 Å². The van der Waals surface area contributed by atoms with Crippen LogP contribution in [0.5, 0.6) is 0 Å². The van der Waals surface area contributed by atoms with Gasteiger partial charge in [0.25, 0.3) is 0 Å². The average molecular weight is 322 g/mol. The minimum absolute atomic E-state index is 0.240. The number of thiocarbonyl (C=S) groups is 1. The first-order chi connectivity index (χ1) is 9.97. The number of likely N-dealkylation sites (N-methyl/N-ethyl adjacent to an activating group) is 1. The summed E-state index contributed by atoms with van der Waals surface area (Å²) in [5.74, 6) is -0.309. The Hall–Kier alpha value is -1.30. The number of rotatable bonds is 6. The molecule has 2 nitrogen and oxygen atoms in total. The van der Waals surface area contributed by atoms with E-state index in [9.17, 15) is 4.39 Å². The van der Waals surface area contributed by atoms with Gasteiger partial charge in [-0.2, -0.15) is 0 Å². The third-order valence-corrected chi connectivity index (χ3v) is 4.70. The number of thiophene rings is 1. The first-order valence-electron chi connectivity index (χ1n) is 6.78. The van der Waals surface area contributed by atoms with Crippen LogP contribution in [0.15, 0.2) is 35.7 Å². The Bertz CT molecular complexity index is 611. The average Bonchev–Trinajstić information content (AvgIpc) is 2.93. The maximum absolute atomic E-state index is 13.3. The summed E-state index contributed by atoms with van der Waals surface area (Å²) in [7, 11) is 2.06. The summed E-state index contributed by atoms with van der Waals surface area (Å²) >= 11 is 6.78. The van der Waals surface area contributed by atoms with Crippen molar-refractivity contribution in [3.8, 4) is 0 Å². The van der Waals surface area contributed by atoms with E-state index in [1.807, 2.05) is 0 Å². The number of nitrogens with zero attached hydrogens (tertiary/aromatic N) is 1. The lowest BCUT2D eigenvalue weighted by atomic mass is 10.1. The lowest BCUT2D eigenvalue weighted by Gasteiger charge is -2.25. The van der Waals surface area contributed by atoms with E-state index in [2.05, 4.69) is 36.4 Å². The van der Waals surface area contributed by atoms with E-state index in [-0.39, 0.29) is 10.8 Å². The van der Waals surface area contributed by atoms with Gasteiger partial charge in [0.05, 0.1) is 0 Å². The molecule has 2 aromatic rings. The highest BCUT2D eigenvalue weighted by Gasteiger charge is 2.14. The van der Waals surface area contributed by atoms with Crippen molar-refractivity contribution >= 4 is 28.5 Å². The number of benzene rings is 1. The number of hydrogen-bond acceptors (Lipinski definition) is 3. The van der Waals surface area contributed by atoms with Crippen molar-refractivity contribution in [2.75, 3.05) is 7.05 Å². The second-order valence-corrected chi connectivity index (χ2v) is 6.69. The molecule has 0 bridgehead atoms. The molecule has 0 saturated heterocycles. The van der Waals surface area contributed by atoms with Gasteiger partial charge >= 0.3 is 0 Å². The predicted octanol–water partition coefficient (Wildman–Crippen LogP) is 3.58. The van der Waals surface area contributed by atoms with Crippen molar-refractivity contribution in [2.24, 2.45) is 5.73 Å². The van der Waals surface area contributed by atoms with Crippen LogP contribution in [0.4, 0.5) is 4.39 Å². The van der Waals surface area contributed by atoms with Crippen molar-refractivity contribution < 1.29 is 4.39 Å². The summed E-state index contributed by atoms with van der Waals surface area (Å²) in [6.45, 7) is 2.88. The molecule has 0 saturated carbocycles. The van der Waals surface area contributed by atoms with E-state index in [0.717, 1.165) is 12.0 Å². The van der Waals surface area contributed by atoms with Crippen LogP contribution >= 0.6 is 23.6 Å². The normalized spacial score (nSPS) is 12.6. The van der Waals surface area contributed by atoms with E-state index in [1.54, 1.807) is 17.4 Å². The number of hydrogen-bond donors (Lipinski definition) is 1. The fourth-order valence-corrected chi connectivity index (χ4v) is 3.23. The van der Waals surface area contributed by atoms with Crippen LogP contribution in [0.25, 0.3) is 0 Å². The first-order valence-corrected chi connectivity index (χ1v) is 8.07. The molecule has 5 heteroatoms. The maximum Gasteiger partial charge on any atom is 0.123 e. The molecule has 0 aliphatic heterocycles. The van der Waals surface area contributed by atoms with Crippen LogP contribution in [0.1, 0.15) is 22.9 Å². The van der Waals surface area contributed by atoms with Crippen LogP contribution in [0, 0.1) is 5.82 Å². The molecule has 1 heterocycles. The molecule has 1 unspecified atom stereocenters. The van der Waals surface area contributed by atoms with Gasteiger partial charge in [-0.1, -0.05) is 24.4 Å². The van der Waals surface area contributed by atoms with Gasteiger partial charge in [-0.05, 0) is 49.5 Å². The van der Waals surface area contributed by atoms with E-state index < -0.39 is 0 Å². The lowest BCUT2D eigenvalue weighted by Crippen LogP contribution is -2.31. The largest absolute Gasteiger partial charge is 0.389 e. The fourth-order valence-electron chi connectivity index (χ4n) is 2.22. The molecule has 0 aliphatic rings. The maximum atomic E-state index is 13.3. The molecule has 0 fully saturated rings. The van der Waals surface area contributed by atoms with Gasteiger partial charge in [-0.15, -0.1) is 11.3 Å². The summed E-state index contributed by atoms with van der Waals surface area (Å²) < 4.78 is 13.3. The van der Waals surface area contributed by atoms with E-state index >= 15 is 0 Å². The van der Waals surface area contributed by atoms with Crippen LogP contribution in [0.3, 0.4) is 0 Å². The molecule has 1 atom stereocenters. The molecule has 0 aliphatic carbocycles. The molecule has 0 amide bonds. The zero-order valence-electron chi connectivity index (χ0n) is 12.2. The summed E-state index contributed by atoms with van der Waals surface area (Å²) in [6.07, 6.45) is 0.998. The zero-order chi connectivity index (χ0) is 15.4. The Kier molecular flexibility index (Phi) is 5.45. The zero-order valence-corrected chi connectivity index (χ0v) is 13.8. The summed E-state index contributed by atoms with van der Waals surface area (Å²) in [6, 6.07) is 9.22. The second-order valence-electron chi connectivity index (χ2n) is 5.21. The van der Waals surface area contributed by atoms with Crippen molar-refractivity contribution in [1.82, 2.24) is 4.90 Å². The van der Waals surface area contributed by atoms with Gasteiger partial charge in [0.15, 0.2) is 0 Å². The SMILES string of the molecule is CC(Cc1cccs1)N(C)Cc1ccc(F)cc1C(N)=S. The summed E-state index contributed by atoms with van der Waals surface area (Å²) in [4.78, 5) is 3.83. The van der Waals surface area contributed by atoms with Crippen LogP contribution in [-0.2, 0) is 13.0 Å². The third-order valence-electron chi connectivity index (χ3n) is 3.59. The first kappa shape index (κ1) is 16.1. The van der Waals surface area contributed by atoms with Crippen molar-refractivity contribution in [1.29, 1.82) is 0 Å². The molecule has 1 aromatic heterocycles.